The molecule has 0 aromatic carbocycles. The minimum Gasteiger partial charge on any atom is -0.349 e. The highest BCUT2D eigenvalue weighted by Gasteiger charge is 2.07. The highest BCUT2D eigenvalue weighted by Crippen LogP contribution is 1.94. The van der Waals surface area contributed by atoms with Crippen LogP contribution in [0.4, 0.5) is 0 Å². The quantitative estimate of drug-likeness (QED) is 0.657. The molecule has 15 heavy (non-hydrogen) atoms. The molecule has 84 valence electrons. The Morgan fingerprint density at radius 1 is 1.47 bits per heavy atom. The Balaban J connectivity index is 2.22. The first-order chi connectivity index (χ1) is 7.25. The van der Waals surface area contributed by atoms with Gasteiger partial charge in [0.25, 0.3) is 5.91 Å². The molecule has 1 amide bonds. The summed E-state index contributed by atoms with van der Waals surface area (Å²) in [5, 5.41) is 6.04. The van der Waals surface area contributed by atoms with E-state index in [1.807, 2.05) is 0 Å². The van der Waals surface area contributed by atoms with Crippen molar-refractivity contribution in [2.75, 3.05) is 19.6 Å². The molecule has 5 nitrogen and oxygen atoms in total. The van der Waals surface area contributed by atoms with Crippen molar-refractivity contribution < 1.29 is 4.79 Å². The summed E-state index contributed by atoms with van der Waals surface area (Å²) < 4.78 is 1.70. The Hall–Kier alpha value is -1.36. The van der Waals surface area contributed by atoms with Crippen molar-refractivity contribution in [3.05, 3.63) is 18.2 Å². The molecule has 0 aliphatic heterocycles. The van der Waals surface area contributed by atoms with Gasteiger partial charge in [-0.25, -0.2) is 4.98 Å². The van der Waals surface area contributed by atoms with Gasteiger partial charge in [-0.2, -0.15) is 0 Å². The van der Waals surface area contributed by atoms with E-state index in [9.17, 15) is 4.79 Å². The summed E-state index contributed by atoms with van der Waals surface area (Å²) in [4.78, 5) is 15.4. The largest absolute Gasteiger partial charge is 0.349 e. The molecular formula is C10H18N4O. The molecule has 0 bridgehead atoms. The second-order valence-corrected chi connectivity index (χ2v) is 3.40. The maximum atomic E-state index is 11.6. The van der Waals surface area contributed by atoms with Crippen molar-refractivity contribution >= 4 is 5.91 Å². The molecule has 0 fully saturated rings. The average Bonchev–Trinajstić information content (AvgIpc) is 2.64. The van der Waals surface area contributed by atoms with Gasteiger partial charge < -0.3 is 15.2 Å². The molecular weight excluding hydrogens is 192 g/mol. The van der Waals surface area contributed by atoms with Gasteiger partial charge in [0.1, 0.15) is 5.69 Å². The number of imidazole rings is 1. The average molecular weight is 210 g/mol. The molecule has 0 saturated heterocycles. The summed E-state index contributed by atoms with van der Waals surface area (Å²) in [6.07, 6.45) is 4.29. The molecule has 0 aliphatic carbocycles. The van der Waals surface area contributed by atoms with Crippen molar-refractivity contribution in [1.29, 1.82) is 0 Å². The third kappa shape index (κ3) is 3.71. The van der Waals surface area contributed by atoms with Gasteiger partial charge in [0.15, 0.2) is 0 Å². The Morgan fingerprint density at radius 2 is 2.27 bits per heavy atom. The third-order valence-corrected chi connectivity index (χ3v) is 2.06. The number of rotatable bonds is 6. The Morgan fingerprint density at radius 3 is 2.87 bits per heavy atom. The molecule has 1 heterocycles. The Labute approximate surface area is 89.9 Å². The fourth-order valence-corrected chi connectivity index (χ4v) is 1.23. The van der Waals surface area contributed by atoms with Crippen molar-refractivity contribution in [3.8, 4) is 0 Å². The third-order valence-electron chi connectivity index (χ3n) is 2.06. The van der Waals surface area contributed by atoms with Gasteiger partial charge in [0.05, 0.1) is 12.5 Å². The summed E-state index contributed by atoms with van der Waals surface area (Å²) in [6.45, 7) is 4.55. The van der Waals surface area contributed by atoms with Crippen LogP contribution in [-0.4, -0.2) is 35.1 Å². The minimum atomic E-state index is -0.0756. The molecule has 1 aromatic rings. The number of nitrogens with one attached hydrogen (secondary N) is 2. The normalized spacial score (nSPS) is 10.3. The van der Waals surface area contributed by atoms with Gasteiger partial charge in [-0.05, 0) is 13.0 Å². The van der Waals surface area contributed by atoms with Crippen LogP contribution in [-0.2, 0) is 7.05 Å². The number of carbonyl (C=O) groups excluding carboxylic acids is 1. The van der Waals surface area contributed by atoms with Crippen molar-refractivity contribution in [2.45, 2.75) is 13.3 Å². The molecule has 0 radical (unpaired) electrons. The predicted octanol–water partition coefficient (Wildman–Crippen LogP) is 0.149. The van der Waals surface area contributed by atoms with Gasteiger partial charge in [-0.1, -0.05) is 6.92 Å². The zero-order chi connectivity index (χ0) is 11.1. The molecule has 1 aromatic heterocycles. The molecule has 1 rings (SSSR count). The first-order valence-corrected chi connectivity index (χ1v) is 5.21. The number of carbonyl (C=O) groups is 1. The van der Waals surface area contributed by atoms with Gasteiger partial charge in [-0.15, -0.1) is 0 Å². The van der Waals surface area contributed by atoms with E-state index in [0.29, 0.717) is 12.2 Å². The molecule has 0 spiro atoms. The van der Waals surface area contributed by atoms with Gasteiger partial charge in [0.2, 0.25) is 0 Å². The van der Waals surface area contributed by atoms with E-state index < -0.39 is 0 Å². The minimum absolute atomic E-state index is 0.0756. The smallest absolute Gasteiger partial charge is 0.269 e. The van der Waals surface area contributed by atoms with Gasteiger partial charge in [-0.3, -0.25) is 4.79 Å². The number of hydrogen-bond donors (Lipinski definition) is 2. The Bertz CT molecular complexity index is 308. The standard InChI is InChI=1S/C10H18N4O/c1-3-4-11-5-6-13-10(15)9-7-12-8-14(9)2/h7-8,11H,3-6H2,1-2H3,(H,13,15). The lowest BCUT2D eigenvalue weighted by Crippen LogP contribution is -2.32. The number of aromatic nitrogens is 2. The summed E-state index contributed by atoms with van der Waals surface area (Å²) in [5.41, 5.74) is 0.588. The van der Waals surface area contributed by atoms with Crippen LogP contribution < -0.4 is 10.6 Å². The predicted molar refractivity (Wildman–Crippen MR) is 58.7 cm³/mol. The summed E-state index contributed by atoms with van der Waals surface area (Å²) in [5.74, 6) is -0.0756. The van der Waals surface area contributed by atoms with E-state index in [1.54, 1.807) is 24.1 Å². The van der Waals surface area contributed by atoms with Crippen molar-refractivity contribution in [2.24, 2.45) is 7.05 Å². The first kappa shape index (κ1) is 11.7. The summed E-state index contributed by atoms with van der Waals surface area (Å²) in [7, 11) is 1.80. The second kappa shape index (κ2) is 6.19. The Kier molecular flexibility index (Phi) is 4.83. The lowest BCUT2D eigenvalue weighted by Gasteiger charge is -2.05. The molecule has 0 saturated carbocycles. The highest BCUT2D eigenvalue weighted by molar-refractivity contribution is 5.92. The van der Waals surface area contributed by atoms with Crippen LogP contribution in [0.1, 0.15) is 23.8 Å². The van der Waals surface area contributed by atoms with Crippen LogP contribution in [0.3, 0.4) is 0 Å². The second-order valence-electron chi connectivity index (χ2n) is 3.40. The number of aryl methyl sites for hydroxylation is 1. The van der Waals surface area contributed by atoms with Crippen LogP contribution >= 0.6 is 0 Å². The van der Waals surface area contributed by atoms with E-state index in [0.717, 1.165) is 19.5 Å². The molecule has 0 unspecified atom stereocenters. The van der Waals surface area contributed by atoms with E-state index in [2.05, 4.69) is 22.5 Å². The van der Waals surface area contributed by atoms with Crippen LogP contribution in [0.25, 0.3) is 0 Å². The van der Waals surface area contributed by atoms with Crippen molar-refractivity contribution in [3.63, 3.8) is 0 Å². The van der Waals surface area contributed by atoms with E-state index in [1.165, 1.54) is 0 Å². The van der Waals surface area contributed by atoms with E-state index >= 15 is 0 Å². The SMILES string of the molecule is CCCNCCNC(=O)c1cncn1C. The monoisotopic (exact) mass is 210 g/mol. The van der Waals surface area contributed by atoms with Crippen molar-refractivity contribution in [1.82, 2.24) is 20.2 Å². The molecule has 5 heteroatoms. The van der Waals surface area contributed by atoms with E-state index in [-0.39, 0.29) is 5.91 Å². The zero-order valence-electron chi connectivity index (χ0n) is 9.29. The topological polar surface area (TPSA) is 58.9 Å². The zero-order valence-corrected chi connectivity index (χ0v) is 9.29. The fraction of sp³-hybridized carbons (Fsp3) is 0.600. The maximum Gasteiger partial charge on any atom is 0.269 e. The summed E-state index contributed by atoms with van der Waals surface area (Å²) >= 11 is 0. The number of nitrogens with zero attached hydrogens (tertiary/aromatic N) is 2. The van der Waals surface area contributed by atoms with Crippen LogP contribution in [0.15, 0.2) is 12.5 Å². The fourth-order valence-electron chi connectivity index (χ4n) is 1.23. The van der Waals surface area contributed by atoms with Gasteiger partial charge >= 0.3 is 0 Å². The molecule has 0 aliphatic rings. The van der Waals surface area contributed by atoms with Crippen LogP contribution in [0.2, 0.25) is 0 Å². The van der Waals surface area contributed by atoms with Crippen LogP contribution in [0.5, 0.6) is 0 Å². The van der Waals surface area contributed by atoms with E-state index in [4.69, 9.17) is 0 Å². The number of hydrogen-bond acceptors (Lipinski definition) is 3. The maximum absolute atomic E-state index is 11.6. The molecule has 2 N–H and O–H groups in total. The first-order valence-electron chi connectivity index (χ1n) is 5.21. The lowest BCUT2D eigenvalue weighted by molar-refractivity contribution is 0.0946. The van der Waals surface area contributed by atoms with Gasteiger partial charge in [0, 0.05) is 20.1 Å². The number of amides is 1. The highest BCUT2D eigenvalue weighted by atomic mass is 16.1. The summed E-state index contributed by atoms with van der Waals surface area (Å²) in [6, 6.07) is 0. The lowest BCUT2D eigenvalue weighted by atomic mass is 10.4. The van der Waals surface area contributed by atoms with Crippen LogP contribution in [0, 0.1) is 0 Å². The molecule has 0 atom stereocenters.